The topological polar surface area (TPSA) is 70.7 Å². The number of hydrazine groups is 1. The first-order valence-corrected chi connectivity index (χ1v) is 10.8. The number of hydrogen-bond acceptors (Lipinski definition) is 4. The lowest BCUT2D eigenvalue weighted by Gasteiger charge is -2.18. The Bertz CT molecular complexity index is 1020. The van der Waals surface area contributed by atoms with Crippen molar-refractivity contribution in [3.8, 4) is 16.9 Å². The summed E-state index contributed by atoms with van der Waals surface area (Å²) in [5.74, 6) is -0.222. The van der Waals surface area contributed by atoms with Crippen LogP contribution in [0, 0.1) is 0 Å². The minimum Gasteiger partial charge on any atom is -0.483 e. The number of hydrogen-bond donors (Lipinski definition) is 2. The van der Waals surface area contributed by atoms with Crippen LogP contribution in [0.4, 0.5) is 0 Å². The second-order valence-electron chi connectivity index (χ2n) is 7.31. The van der Waals surface area contributed by atoms with Gasteiger partial charge in [-0.15, -0.1) is 0 Å². The molecule has 0 spiro atoms. The molecule has 0 aliphatic rings. The molecule has 0 heterocycles. The van der Waals surface area contributed by atoms with Crippen LogP contribution < -0.4 is 15.6 Å². The molecular formula is C26H29N3O3. The largest absolute Gasteiger partial charge is 0.483 e. The van der Waals surface area contributed by atoms with Crippen LogP contribution in [-0.2, 0) is 11.3 Å². The van der Waals surface area contributed by atoms with Crippen molar-refractivity contribution >= 4 is 11.8 Å². The summed E-state index contributed by atoms with van der Waals surface area (Å²) >= 11 is 0. The Hall–Kier alpha value is -3.64. The predicted octanol–water partition coefficient (Wildman–Crippen LogP) is 4.04. The van der Waals surface area contributed by atoms with Gasteiger partial charge in [0, 0.05) is 17.7 Å². The Morgan fingerprint density at radius 1 is 0.812 bits per heavy atom. The number of benzene rings is 3. The quantitative estimate of drug-likeness (QED) is 0.502. The second-order valence-corrected chi connectivity index (χ2v) is 7.31. The SMILES string of the molecule is CCN(CC)Cc1ccc(C(=O)NNC(=O)COc2ccccc2-c2ccccc2)cc1. The van der Waals surface area contributed by atoms with Gasteiger partial charge < -0.3 is 4.74 Å². The van der Waals surface area contributed by atoms with Gasteiger partial charge in [-0.1, -0.05) is 74.5 Å². The molecule has 166 valence electrons. The van der Waals surface area contributed by atoms with Crippen LogP contribution in [0.2, 0.25) is 0 Å². The maximum atomic E-state index is 12.3. The zero-order valence-electron chi connectivity index (χ0n) is 18.5. The second kappa shape index (κ2) is 11.7. The Morgan fingerprint density at radius 2 is 1.47 bits per heavy atom. The number of nitrogens with zero attached hydrogens (tertiary/aromatic N) is 1. The first-order chi connectivity index (χ1) is 15.6. The fraction of sp³-hybridized carbons (Fsp3) is 0.231. The van der Waals surface area contributed by atoms with Crippen molar-refractivity contribution < 1.29 is 14.3 Å². The Morgan fingerprint density at radius 3 is 2.16 bits per heavy atom. The smallest absolute Gasteiger partial charge is 0.276 e. The standard InChI is InChI=1S/C26H29N3O3/c1-3-29(4-2)18-20-14-16-22(17-15-20)26(31)28-27-25(30)19-32-24-13-9-8-12-23(24)21-10-6-5-7-11-21/h5-17H,3-4,18-19H2,1-2H3,(H,27,30)(H,28,31). The van der Waals surface area contributed by atoms with Crippen LogP contribution in [0.15, 0.2) is 78.9 Å². The Balaban J connectivity index is 1.50. The van der Waals surface area contributed by atoms with Gasteiger partial charge in [-0.25, -0.2) is 0 Å². The summed E-state index contributed by atoms with van der Waals surface area (Å²) in [5, 5.41) is 0. The van der Waals surface area contributed by atoms with Crippen LogP contribution in [0.25, 0.3) is 11.1 Å². The van der Waals surface area contributed by atoms with Crippen LogP contribution in [-0.4, -0.2) is 36.4 Å². The summed E-state index contributed by atoms with van der Waals surface area (Å²) in [4.78, 5) is 26.8. The highest BCUT2D eigenvalue weighted by molar-refractivity contribution is 5.95. The highest BCUT2D eigenvalue weighted by Crippen LogP contribution is 2.29. The molecule has 0 radical (unpaired) electrons. The highest BCUT2D eigenvalue weighted by Gasteiger charge is 2.11. The van der Waals surface area contributed by atoms with Crippen molar-refractivity contribution in [3.63, 3.8) is 0 Å². The molecule has 0 saturated heterocycles. The molecule has 3 aromatic rings. The number of carbonyl (C=O) groups is 2. The molecule has 0 saturated carbocycles. The van der Waals surface area contributed by atoms with Crippen molar-refractivity contribution in [2.24, 2.45) is 0 Å². The van der Waals surface area contributed by atoms with E-state index in [-0.39, 0.29) is 12.5 Å². The van der Waals surface area contributed by atoms with Gasteiger partial charge in [0.1, 0.15) is 5.75 Å². The number of amides is 2. The van der Waals surface area contributed by atoms with Crippen LogP contribution in [0.5, 0.6) is 5.75 Å². The number of nitrogens with one attached hydrogen (secondary N) is 2. The molecule has 0 aliphatic carbocycles. The lowest BCUT2D eigenvalue weighted by molar-refractivity contribution is -0.123. The van der Waals surface area contributed by atoms with E-state index in [1.807, 2.05) is 66.7 Å². The van der Waals surface area contributed by atoms with Gasteiger partial charge in [0.05, 0.1) is 0 Å². The zero-order chi connectivity index (χ0) is 22.8. The third-order valence-electron chi connectivity index (χ3n) is 5.16. The molecule has 6 heteroatoms. The van der Waals surface area contributed by atoms with E-state index < -0.39 is 5.91 Å². The van der Waals surface area contributed by atoms with Crippen molar-refractivity contribution in [3.05, 3.63) is 90.0 Å². The lowest BCUT2D eigenvalue weighted by atomic mass is 10.1. The fourth-order valence-electron chi connectivity index (χ4n) is 3.29. The normalized spacial score (nSPS) is 10.6. The number of ether oxygens (including phenoxy) is 1. The number of para-hydroxylation sites is 1. The zero-order valence-corrected chi connectivity index (χ0v) is 18.5. The van der Waals surface area contributed by atoms with E-state index in [1.165, 1.54) is 0 Å². The molecule has 6 nitrogen and oxygen atoms in total. The van der Waals surface area contributed by atoms with Crippen LogP contribution in [0.1, 0.15) is 29.8 Å². The maximum absolute atomic E-state index is 12.3. The Labute approximate surface area is 189 Å². The molecule has 0 atom stereocenters. The number of carbonyl (C=O) groups excluding carboxylic acids is 2. The third-order valence-corrected chi connectivity index (χ3v) is 5.16. The maximum Gasteiger partial charge on any atom is 0.276 e. The van der Waals surface area contributed by atoms with Crippen molar-refractivity contribution in [1.29, 1.82) is 0 Å². The fourth-order valence-corrected chi connectivity index (χ4v) is 3.29. The van der Waals surface area contributed by atoms with Gasteiger partial charge in [-0.05, 0) is 42.4 Å². The predicted molar refractivity (Wildman–Crippen MR) is 126 cm³/mol. The first-order valence-electron chi connectivity index (χ1n) is 10.8. The van der Waals surface area contributed by atoms with Gasteiger partial charge in [0.15, 0.2) is 6.61 Å². The average molecular weight is 432 g/mol. The van der Waals surface area contributed by atoms with E-state index in [4.69, 9.17) is 4.74 Å². The average Bonchev–Trinajstić information content (AvgIpc) is 2.85. The van der Waals surface area contributed by atoms with E-state index >= 15 is 0 Å². The molecule has 0 aliphatic heterocycles. The van der Waals surface area contributed by atoms with Gasteiger partial charge in [-0.2, -0.15) is 0 Å². The van der Waals surface area contributed by atoms with Crippen LogP contribution in [0.3, 0.4) is 0 Å². The lowest BCUT2D eigenvalue weighted by Crippen LogP contribution is -2.43. The summed E-state index contributed by atoms with van der Waals surface area (Å²) < 4.78 is 5.70. The molecule has 2 amide bonds. The van der Waals surface area contributed by atoms with Crippen molar-refractivity contribution in [1.82, 2.24) is 15.8 Å². The molecule has 0 bridgehead atoms. The molecule has 32 heavy (non-hydrogen) atoms. The van der Waals surface area contributed by atoms with E-state index in [9.17, 15) is 9.59 Å². The van der Waals surface area contributed by atoms with Gasteiger partial charge >= 0.3 is 0 Å². The van der Waals surface area contributed by atoms with Crippen molar-refractivity contribution in [2.75, 3.05) is 19.7 Å². The van der Waals surface area contributed by atoms with Crippen LogP contribution >= 0.6 is 0 Å². The molecule has 3 aromatic carbocycles. The van der Waals surface area contributed by atoms with E-state index in [1.54, 1.807) is 12.1 Å². The van der Waals surface area contributed by atoms with Crippen molar-refractivity contribution in [2.45, 2.75) is 20.4 Å². The highest BCUT2D eigenvalue weighted by atomic mass is 16.5. The summed E-state index contributed by atoms with van der Waals surface area (Å²) in [6.45, 7) is 6.82. The third kappa shape index (κ3) is 6.43. The van der Waals surface area contributed by atoms with E-state index in [2.05, 4.69) is 29.6 Å². The monoisotopic (exact) mass is 431 g/mol. The Kier molecular flexibility index (Phi) is 8.40. The molecule has 0 aromatic heterocycles. The van der Waals surface area contributed by atoms with Gasteiger partial charge in [-0.3, -0.25) is 25.3 Å². The number of rotatable bonds is 9. The van der Waals surface area contributed by atoms with E-state index in [0.717, 1.165) is 36.3 Å². The molecule has 0 unspecified atom stereocenters. The summed E-state index contributed by atoms with van der Waals surface area (Å²) in [7, 11) is 0. The molecule has 2 N–H and O–H groups in total. The van der Waals surface area contributed by atoms with E-state index in [0.29, 0.717) is 11.3 Å². The summed E-state index contributed by atoms with van der Waals surface area (Å²) in [6.07, 6.45) is 0. The van der Waals surface area contributed by atoms with Gasteiger partial charge in [0.25, 0.3) is 11.8 Å². The minimum absolute atomic E-state index is 0.215. The first kappa shape index (κ1) is 23.0. The van der Waals surface area contributed by atoms with Gasteiger partial charge in [0.2, 0.25) is 0 Å². The summed E-state index contributed by atoms with van der Waals surface area (Å²) in [5.41, 5.74) is 8.35. The molecular weight excluding hydrogens is 402 g/mol. The molecule has 3 rings (SSSR count). The minimum atomic E-state index is -0.445. The summed E-state index contributed by atoms with van der Waals surface area (Å²) in [6, 6.07) is 24.7. The molecule has 0 fully saturated rings.